The highest BCUT2D eigenvalue weighted by Gasteiger charge is 2.38. The largest absolute Gasteiger partial charge is 0.471 e. The van der Waals surface area contributed by atoms with E-state index in [1.165, 1.54) is 18.2 Å². The number of hydrogen-bond acceptors (Lipinski definition) is 4. The first-order valence-electron chi connectivity index (χ1n) is 12.3. The van der Waals surface area contributed by atoms with Gasteiger partial charge >= 0.3 is 12.1 Å². The average Bonchev–Trinajstić information content (AvgIpc) is 3.29. The van der Waals surface area contributed by atoms with Crippen LogP contribution in [0.5, 0.6) is 0 Å². The standard InChI is InChI=1S/C27H30F4N4O3/c1-32-22-4-3-5-23-24(22)20(16-35(23)12-13-38-2)25(36)34-10-8-18(9-11-34)19-14-17(6-7-21(19)28)15-33-26(37)27(29,30)31/h3-7,14,16,18,32H,8-13,15H2,1-2H3,(H,33,37). The Morgan fingerprint density at radius 1 is 1.13 bits per heavy atom. The predicted molar refractivity (Wildman–Crippen MR) is 136 cm³/mol. The summed E-state index contributed by atoms with van der Waals surface area (Å²) in [5, 5.41) is 5.80. The molecule has 2 amide bonds. The zero-order chi connectivity index (χ0) is 27.4. The van der Waals surface area contributed by atoms with E-state index in [2.05, 4.69) is 5.32 Å². The van der Waals surface area contributed by atoms with Gasteiger partial charge in [0.25, 0.3) is 5.91 Å². The first-order valence-corrected chi connectivity index (χ1v) is 12.3. The number of hydrogen-bond donors (Lipinski definition) is 2. The zero-order valence-corrected chi connectivity index (χ0v) is 21.2. The molecule has 0 atom stereocenters. The van der Waals surface area contributed by atoms with Gasteiger partial charge < -0.3 is 24.8 Å². The second kappa shape index (κ2) is 11.4. The van der Waals surface area contributed by atoms with Gasteiger partial charge in [-0.1, -0.05) is 18.2 Å². The average molecular weight is 535 g/mol. The maximum Gasteiger partial charge on any atom is 0.471 e. The molecular weight excluding hydrogens is 504 g/mol. The fourth-order valence-corrected chi connectivity index (χ4v) is 4.96. The molecule has 0 saturated carbocycles. The van der Waals surface area contributed by atoms with Crippen LogP contribution < -0.4 is 10.6 Å². The van der Waals surface area contributed by atoms with E-state index in [-0.39, 0.29) is 18.4 Å². The van der Waals surface area contributed by atoms with Gasteiger partial charge in [-0.15, -0.1) is 0 Å². The van der Waals surface area contributed by atoms with Gasteiger partial charge in [0.05, 0.1) is 17.7 Å². The van der Waals surface area contributed by atoms with Crippen molar-refractivity contribution < 1.29 is 31.9 Å². The van der Waals surface area contributed by atoms with Gasteiger partial charge in [-0.3, -0.25) is 9.59 Å². The number of likely N-dealkylation sites (tertiary alicyclic amines) is 1. The Labute approximate surface area is 217 Å². The lowest BCUT2D eigenvalue weighted by Crippen LogP contribution is -2.38. The third kappa shape index (κ3) is 5.77. The van der Waals surface area contributed by atoms with E-state index in [4.69, 9.17) is 4.74 Å². The quantitative estimate of drug-likeness (QED) is 0.412. The minimum atomic E-state index is -4.98. The van der Waals surface area contributed by atoms with Crippen molar-refractivity contribution in [3.63, 3.8) is 0 Å². The van der Waals surface area contributed by atoms with Gasteiger partial charge in [0, 0.05) is 57.6 Å². The Morgan fingerprint density at radius 2 is 1.87 bits per heavy atom. The highest BCUT2D eigenvalue weighted by molar-refractivity contribution is 6.11. The lowest BCUT2D eigenvalue weighted by atomic mass is 9.88. The molecule has 2 heterocycles. The predicted octanol–water partition coefficient (Wildman–Crippen LogP) is 4.67. The Hall–Kier alpha value is -3.60. The number of amides is 2. The molecule has 0 bridgehead atoms. The normalized spacial score (nSPS) is 14.6. The Kier molecular flexibility index (Phi) is 8.25. The summed E-state index contributed by atoms with van der Waals surface area (Å²) < 4.78 is 59.3. The minimum Gasteiger partial charge on any atom is -0.388 e. The molecule has 2 N–H and O–H groups in total. The molecule has 7 nitrogen and oxygen atoms in total. The zero-order valence-electron chi connectivity index (χ0n) is 21.2. The van der Waals surface area contributed by atoms with Crippen molar-refractivity contribution in [2.75, 3.05) is 39.2 Å². The summed E-state index contributed by atoms with van der Waals surface area (Å²) in [5.41, 5.74) is 3.09. The highest BCUT2D eigenvalue weighted by atomic mass is 19.4. The van der Waals surface area contributed by atoms with Crippen molar-refractivity contribution >= 4 is 28.4 Å². The molecule has 204 valence electrons. The number of alkyl halides is 3. The third-order valence-electron chi connectivity index (χ3n) is 6.94. The van der Waals surface area contributed by atoms with E-state index in [9.17, 15) is 27.2 Å². The molecule has 2 aromatic carbocycles. The SMILES string of the molecule is CNc1cccc2c1c(C(=O)N1CCC(c3cc(CNC(=O)C(F)(F)F)ccc3F)CC1)cn2CCOC. The molecule has 0 aliphatic carbocycles. The number of anilines is 1. The highest BCUT2D eigenvalue weighted by Crippen LogP contribution is 2.34. The third-order valence-corrected chi connectivity index (χ3v) is 6.94. The second-order valence-corrected chi connectivity index (χ2v) is 9.28. The van der Waals surface area contributed by atoms with Crippen LogP contribution in [-0.4, -0.2) is 61.3 Å². The monoisotopic (exact) mass is 534 g/mol. The smallest absolute Gasteiger partial charge is 0.388 e. The van der Waals surface area contributed by atoms with E-state index in [0.29, 0.717) is 55.8 Å². The topological polar surface area (TPSA) is 75.6 Å². The molecular formula is C27H30F4N4O3. The number of ether oxygens (including phenoxy) is 1. The maximum absolute atomic E-state index is 14.7. The van der Waals surface area contributed by atoms with Crippen molar-refractivity contribution in [1.29, 1.82) is 0 Å². The summed E-state index contributed by atoms with van der Waals surface area (Å²) in [4.78, 5) is 26.5. The van der Waals surface area contributed by atoms with E-state index < -0.39 is 17.9 Å². The fraction of sp³-hybridized carbons (Fsp3) is 0.407. The van der Waals surface area contributed by atoms with Gasteiger partial charge in [0.15, 0.2) is 0 Å². The van der Waals surface area contributed by atoms with E-state index >= 15 is 0 Å². The molecule has 1 aromatic heterocycles. The van der Waals surface area contributed by atoms with E-state index in [1.54, 1.807) is 19.1 Å². The van der Waals surface area contributed by atoms with Crippen molar-refractivity contribution in [1.82, 2.24) is 14.8 Å². The number of aromatic nitrogens is 1. The lowest BCUT2D eigenvalue weighted by Gasteiger charge is -2.32. The van der Waals surface area contributed by atoms with Crippen LogP contribution >= 0.6 is 0 Å². The van der Waals surface area contributed by atoms with Gasteiger partial charge in [-0.25, -0.2) is 4.39 Å². The summed E-state index contributed by atoms with van der Waals surface area (Å²) in [5.74, 6) is -2.81. The number of nitrogens with zero attached hydrogens (tertiary/aromatic N) is 2. The molecule has 38 heavy (non-hydrogen) atoms. The first kappa shape index (κ1) is 27.4. The molecule has 3 aromatic rings. The van der Waals surface area contributed by atoms with Crippen LogP contribution in [-0.2, 0) is 22.6 Å². The number of carbonyl (C=O) groups excluding carboxylic acids is 2. The molecule has 1 saturated heterocycles. The van der Waals surface area contributed by atoms with Crippen molar-refractivity contribution in [3.8, 4) is 0 Å². The molecule has 1 fully saturated rings. The molecule has 1 aliphatic heterocycles. The Balaban J connectivity index is 1.48. The van der Waals surface area contributed by atoms with Crippen molar-refractivity contribution in [2.45, 2.75) is 38.0 Å². The number of fused-ring (bicyclic) bond motifs is 1. The summed E-state index contributed by atoms with van der Waals surface area (Å²) in [7, 11) is 3.43. The van der Waals surface area contributed by atoms with Crippen molar-refractivity contribution in [3.05, 3.63) is 65.1 Å². The number of carbonyl (C=O) groups is 2. The van der Waals surface area contributed by atoms with Crippen LogP contribution in [0.2, 0.25) is 0 Å². The number of benzene rings is 2. The van der Waals surface area contributed by atoms with Gasteiger partial charge in [0.1, 0.15) is 5.82 Å². The molecule has 0 spiro atoms. The molecule has 11 heteroatoms. The number of halogens is 4. The second-order valence-electron chi connectivity index (χ2n) is 9.28. The summed E-state index contributed by atoms with van der Waals surface area (Å²) in [6.45, 7) is 1.55. The van der Waals surface area contributed by atoms with Crippen LogP contribution in [0.25, 0.3) is 10.9 Å². The molecule has 1 aliphatic rings. The number of rotatable bonds is 8. The summed E-state index contributed by atoms with van der Waals surface area (Å²) >= 11 is 0. The minimum absolute atomic E-state index is 0.114. The number of methoxy groups -OCH3 is 1. The van der Waals surface area contributed by atoms with Crippen LogP contribution in [0.4, 0.5) is 23.2 Å². The van der Waals surface area contributed by atoms with Crippen LogP contribution in [0.15, 0.2) is 42.6 Å². The Morgan fingerprint density at radius 3 is 2.53 bits per heavy atom. The van der Waals surface area contributed by atoms with Gasteiger partial charge in [-0.2, -0.15) is 13.2 Å². The molecule has 0 unspecified atom stereocenters. The van der Waals surface area contributed by atoms with Crippen LogP contribution in [0.3, 0.4) is 0 Å². The van der Waals surface area contributed by atoms with Crippen LogP contribution in [0.1, 0.15) is 40.2 Å². The van der Waals surface area contributed by atoms with Crippen molar-refractivity contribution in [2.24, 2.45) is 0 Å². The van der Waals surface area contributed by atoms with Gasteiger partial charge in [-0.05, 0) is 48.1 Å². The van der Waals surface area contributed by atoms with E-state index in [1.807, 2.05) is 34.3 Å². The summed E-state index contributed by atoms with van der Waals surface area (Å²) in [6.07, 6.45) is -2.13. The summed E-state index contributed by atoms with van der Waals surface area (Å²) in [6, 6.07) is 9.86. The van der Waals surface area contributed by atoms with E-state index in [0.717, 1.165) is 16.6 Å². The molecule has 4 rings (SSSR count). The molecule has 0 radical (unpaired) electrons. The number of piperidine rings is 1. The first-order chi connectivity index (χ1) is 18.1. The van der Waals surface area contributed by atoms with Gasteiger partial charge in [0.2, 0.25) is 0 Å². The lowest BCUT2D eigenvalue weighted by molar-refractivity contribution is -0.173. The number of nitrogens with one attached hydrogen (secondary N) is 2. The maximum atomic E-state index is 14.7. The fourth-order valence-electron chi connectivity index (χ4n) is 4.96. The Bertz CT molecular complexity index is 1310. The van der Waals surface area contributed by atoms with Crippen LogP contribution in [0, 0.1) is 5.82 Å².